The molecule has 0 radical (unpaired) electrons. The first-order valence-corrected chi connectivity index (χ1v) is 7.10. The van der Waals surface area contributed by atoms with Crippen molar-refractivity contribution in [3.63, 3.8) is 0 Å². The summed E-state index contributed by atoms with van der Waals surface area (Å²) >= 11 is 1.64. The molecule has 2 atom stereocenters. The third-order valence-electron chi connectivity index (χ3n) is 3.01. The van der Waals surface area contributed by atoms with Crippen LogP contribution in [0, 0.1) is 6.92 Å². The monoisotopic (exact) mass is 433 g/mol. The first-order chi connectivity index (χ1) is 9.96. The zero-order chi connectivity index (χ0) is 17.2. The predicted octanol–water partition coefficient (Wildman–Crippen LogP) is 1.78. The average Bonchev–Trinajstić information content (AvgIpc) is 2.40. The van der Waals surface area contributed by atoms with Crippen LogP contribution in [0.15, 0.2) is 11.0 Å². The number of pyridine rings is 1. The van der Waals surface area contributed by atoms with Gasteiger partial charge in [-0.25, -0.2) is 0 Å². The van der Waals surface area contributed by atoms with Gasteiger partial charge >= 0.3 is 6.18 Å². The van der Waals surface area contributed by atoms with Gasteiger partial charge in [-0.3, -0.25) is 18.0 Å². The van der Waals surface area contributed by atoms with E-state index in [9.17, 15) is 27.9 Å². The van der Waals surface area contributed by atoms with Gasteiger partial charge < -0.3 is 10.1 Å². The van der Waals surface area contributed by atoms with E-state index in [4.69, 9.17) is 0 Å². The molecular formula is C12H15F3IN3O3. The molecule has 0 saturated carbocycles. The normalized spacial score (nSPS) is 14.5. The summed E-state index contributed by atoms with van der Waals surface area (Å²) in [6, 6.07) is -3.55. The lowest BCUT2D eigenvalue weighted by Gasteiger charge is -2.26. The molecule has 1 aromatic rings. The Bertz CT molecular complexity index is 616. The van der Waals surface area contributed by atoms with E-state index in [0.717, 1.165) is 9.31 Å². The van der Waals surface area contributed by atoms with Crippen LogP contribution >= 0.6 is 22.9 Å². The molecule has 1 aromatic heterocycles. The van der Waals surface area contributed by atoms with Crippen molar-refractivity contribution < 1.29 is 23.1 Å². The molecule has 1 heterocycles. The molecule has 1 amide bonds. The van der Waals surface area contributed by atoms with Gasteiger partial charge in [0.05, 0.1) is 34.6 Å². The molecule has 3 N–H and O–H groups in total. The van der Waals surface area contributed by atoms with Crippen molar-refractivity contribution in [3.8, 4) is 5.75 Å². The molecule has 0 bridgehead atoms. The van der Waals surface area contributed by atoms with Gasteiger partial charge in [-0.1, -0.05) is 0 Å². The van der Waals surface area contributed by atoms with Crippen LogP contribution in [0.2, 0.25) is 0 Å². The molecule has 0 aliphatic heterocycles. The maximum atomic E-state index is 13.2. The summed E-state index contributed by atoms with van der Waals surface area (Å²) in [7, 11) is 1.40. The highest BCUT2D eigenvalue weighted by Crippen LogP contribution is 2.32. The summed E-state index contributed by atoms with van der Waals surface area (Å²) in [4.78, 5) is 26.0. The number of aromatic amines is 1. The molecule has 0 fully saturated rings. The van der Waals surface area contributed by atoms with E-state index in [1.165, 1.54) is 20.9 Å². The maximum Gasteiger partial charge on any atom is 0.408 e. The van der Waals surface area contributed by atoms with Crippen LogP contribution in [0.4, 0.5) is 13.2 Å². The second-order valence-corrected chi connectivity index (χ2v) is 6.17. The fraction of sp³-hybridized carbons (Fsp3) is 0.500. The van der Waals surface area contributed by atoms with Crippen molar-refractivity contribution >= 4 is 28.8 Å². The molecule has 1 rings (SSSR count). The smallest absolute Gasteiger partial charge is 0.408 e. The summed E-state index contributed by atoms with van der Waals surface area (Å²) in [5.41, 5.74) is -1.77. The Kier molecular flexibility index (Phi) is 5.84. The number of hydrogen-bond donors (Lipinski definition) is 3. The number of rotatable bonds is 4. The zero-order valence-corrected chi connectivity index (χ0v) is 14.1. The van der Waals surface area contributed by atoms with Gasteiger partial charge in [-0.2, -0.15) is 13.2 Å². The first-order valence-electron chi connectivity index (χ1n) is 6.14. The lowest BCUT2D eigenvalue weighted by molar-refractivity contribution is -0.161. The van der Waals surface area contributed by atoms with Gasteiger partial charge in [0.15, 0.2) is 5.75 Å². The van der Waals surface area contributed by atoms with Crippen molar-refractivity contribution in [1.29, 1.82) is 0 Å². The molecule has 0 aliphatic rings. The molecule has 0 unspecified atom stereocenters. The number of aromatic nitrogens is 1. The van der Waals surface area contributed by atoms with Gasteiger partial charge in [0.2, 0.25) is 11.3 Å². The van der Waals surface area contributed by atoms with E-state index in [1.54, 1.807) is 22.9 Å². The van der Waals surface area contributed by atoms with Gasteiger partial charge in [0, 0.05) is 18.8 Å². The van der Waals surface area contributed by atoms with Crippen LogP contribution in [-0.2, 0) is 4.79 Å². The number of nitrogens with zero attached hydrogens (tertiary/aromatic N) is 1. The first kappa shape index (κ1) is 18.7. The van der Waals surface area contributed by atoms with E-state index in [-0.39, 0.29) is 5.69 Å². The molecule has 6 nitrogen and oxygen atoms in total. The fourth-order valence-electron chi connectivity index (χ4n) is 1.79. The number of H-pyrrole nitrogens is 1. The number of carbonyl (C=O) groups is 1. The van der Waals surface area contributed by atoms with Crippen LogP contribution in [0.3, 0.4) is 0 Å². The average molecular weight is 433 g/mol. The van der Waals surface area contributed by atoms with E-state index in [0.29, 0.717) is 0 Å². The number of aryl methyl sites for hydroxylation is 1. The molecule has 124 valence electrons. The molecule has 0 spiro atoms. The van der Waals surface area contributed by atoms with Crippen LogP contribution in [0.1, 0.15) is 24.2 Å². The molecular weight excluding hydrogens is 418 g/mol. The maximum absolute atomic E-state index is 13.2. The highest BCUT2D eigenvalue weighted by Gasteiger charge is 2.44. The molecule has 22 heavy (non-hydrogen) atoms. The van der Waals surface area contributed by atoms with Crippen LogP contribution in [0.25, 0.3) is 0 Å². The standard InChI is InChI=1S/C12H15F3IN3O3/c1-5-8(20)9(21)7(4-17-5)10(12(13,14)15)18-6(2)11(22)19(3)16/h4,6,10,18,20H,1-3H3,(H,17,21)/t6-,10-/m0/s1. The van der Waals surface area contributed by atoms with Gasteiger partial charge in [0.25, 0.3) is 0 Å². The lowest BCUT2D eigenvalue weighted by Crippen LogP contribution is -2.47. The second-order valence-electron chi connectivity index (χ2n) is 4.73. The van der Waals surface area contributed by atoms with Gasteiger partial charge in [0.1, 0.15) is 6.04 Å². The lowest BCUT2D eigenvalue weighted by atomic mass is 10.1. The van der Waals surface area contributed by atoms with Crippen LogP contribution < -0.4 is 10.7 Å². The van der Waals surface area contributed by atoms with Crippen LogP contribution in [0.5, 0.6) is 5.75 Å². The summed E-state index contributed by atoms with van der Waals surface area (Å²) < 4.78 is 40.8. The Hall–Kier alpha value is -1.30. The minimum Gasteiger partial charge on any atom is -0.503 e. The third-order valence-corrected chi connectivity index (χ3v) is 3.48. The van der Waals surface area contributed by atoms with Crippen molar-refractivity contribution in [2.24, 2.45) is 0 Å². The van der Waals surface area contributed by atoms with Crippen molar-refractivity contribution in [2.45, 2.75) is 32.1 Å². The summed E-state index contributed by atoms with van der Waals surface area (Å²) in [6.07, 6.45) is -3.93. The number of aromatic hydroxyl groups is 1. The number of halogens is 4. The van der Waals surface area contributed by atoms with Crippen molar-refractivity contribution in [1.82, 2.24) is 13.4 Å². The predicted molar refractivity (Wildman–Crippen MR) is 81.6 cm³/mol. The van der Waals surface area contributed by atoms with E-state index >= 15 is 0 Å². The second kappa shape index (κ2) is 6.86. The Balaban J connectivity index is 3.25. The van der Waals surface area contributed by atoms with Gasteiger partial charge in [-0.05, 0) is 13.8 Å². The van der Waals surface area contributed by atoms with E-state index in [2.05, 4.69) is 10.3 Å². The summed E-state index contributed by atoms with van der Waals surface area (Å²) in [5, 5.41) is 11.6. The SMILES string of the molecule is Cc1[nH]cc([C@H](N[C@@H](C)C(=O)N(C)I)C(F)(F)F)c(=O)c1O. The summed E-state index contributed by atoms with van der Waals surface area (Å²) in [6.45, 7) is 2.62. The van der Waals surface area contributed by atoms with Gasteiger partial charge in [-0.15, -0.1) is 0 Å². The number of alkyl halides is 3. The van der Waals surface area contributed by atoms with Crippen molar-refractivity contribution in [2.75, 3.05) is 7.05 Å². The Morgan fingerprint density at radius 2 is 2.05 bits per heavy atom. The van der Waals surface area contributed by atoms with E-state index < -0.39 is 40.9 Å². The number of hydrogen-bond acceptors (Lipinski definition) is 4. The Morgan fingerprint density at radius 1 is 1.50 bits per heavy atom. The number of nitrogens with one attached hydrogen (secondary N) is 2. The molecule has 0 saturated heterocycles. The molecule has 0 aromatic carbocycles. The highest BCUT2D eigenvalue weighted by molar-refractivity contribution is 14.1. The Labute approximate surface area is 138 Å². The third kappa shape index (κ3) is 4.12. The summed E-state index contributed by atoms with van der Waals surface area (Å²) in [5.74, 6) is -1.36. The number of carbonyl (C=O) groups excluding carboxylic acids is 1. The van der Waals surface area contributed by atoms with E-state index in [1.807, 2.05) is 0 Å². The zero-order valence-electron chi connectivity index (χ0n) is 12.0. The number of likely N-dealkylation sites (N-methyl/N-ethyl adjacent to an activating group) is 1. The minimum absolute atomic E-state index is 0.0609. The highest BCUT2D eigenvalue weighted by atomic mass is 127. The fourth-order valence-corrected chi connectivity index (χ4v) is 2.21. The quantitative estimate of drug-likeness (QED) is 0.500. The van der Waals surface area contributed by atoms with Crippen molar-refractivity contribution in [3.05, 3.63) is 27.7 Å². The Morgan fingerprint density at radius 3 is 2.50 bits per heavy atom. The molecule has 10 heteroatoms. The molecule has 0 aliphatic carbocycles. The number of amides is 1. The topological polar surface area (TPSA) is 85.4 Å². The largest absolute Gasteiger partial charge is 0.503 e. The minimum atomic E-state index is -4.81. The van der Waals surface area contributed by atoms with Crippen LogP contribution in [-0.4, -0.2) is 38.4 Å².